The number of benzene rings is 2. The molecule has 0 fully saturated rings. The lowest BCUT2D eigenvalue weighted by atomic mass is 9.80. The number of aliphatic hydroxyl groups is 1. The summed E-state index contributed by atoms with van der Waals surface area (Å²) in [6, 6.07) is 7.92. The van der Waals surface area contributed by atoms with Crippen LogP contribution in [-0.4, -0.2) is 51.6 Å². The van der Waals surface area contributed by atoms with Crippen molar-refractivity contribution in [2.24, 2.45) is 0 Å². The van der Waals surface area contributed by atoms with Gasteiger partial charge >= 0.3 is 0 Å². The van der Waals surface area contributed by atoms with E-state index in [1.165, 1.54) is 5.56 Å². The lowest BCUT2D eigenvalue weighted by Crippen LogP contribution is -3.00. The highest BCUT2D eigenvalue weighted by Crippen LogP contribution is 2.52. The van der Waals surface area contributed by atoms with E-state index in [9.17, 15) is 5.11 Å². The molecule has 3 atom stereocenters. The smallest absolute Gasteiger partial charge is 0.161 e. The Hall–Kier alpha value is -1.71. The number of rotatable bonds is 4. The summed E-state index contributed by atoms with van der Waals surface area (Å²) in [5.41, 5.74) is 4.34. The Morgan fingerprint density at radius 2 is 1.28 bits per heavy atom. The highest BCUT2D eigenvalue weighted by atomic mass is 127. The average Bonchev–Trinajstić information content (AvgIpc) is 2.71. The van der Waals surface area contributed by atoms with Gasteiger partial charge in [0.15, 0.2) is 23.0 Å². The number of halogens is 1. The molecular formula is C22H28INO5. The zero-order valence-electron chi connectivity index (χ0n) is 17.5. The topological polar surface area (TPSA) is 57.2 Å². The predicted octanol–water partition coefficient (Wildman–Crippen LogP) is 0.0160. The van der Waals surface area contributed by atoms with Gasteiger partial charge in [-0.05, 0) is 35.4 Å². The second-order valence-electron chi connectivity index (χ2n) is 7.81. The van der Waals surface area contributed by atoms with Gasteiger partial charge in [-0.25, -0.2) is 0 Å². The van der Waals surface area contributed by atoms with Crippen LogP contribution in [0.2, 0.25) is 0 Å². The predicted molar refractivity (Wildman–Crippen MR) is 105 cm³/mol. The maximum absolute atomic E-state index is 11.5. The lowest BCUT2D eigenvalue weighted by molar-refractivity contribution is -0.960. The maximum Gasteiger partial charge on any atom is 0.161 e. The Bertz CT molecular complexity index is 919. The zero-order chi connectivity index (χ0) is 20.1. The van der Waals surface area contributed by atoms with Crippen molar-refractivity contribution in [2.45, 2.75) is 25.1 Å². The minimum atomic E-state index is -0.647. The highest BCUT2D eigenvalue weighted by molar-refractivity contribution is 5.52. The Morgan fingerprint density at radius 1 is 0.793 bits per heavy atom. The van der Waals surface area contributed by atoms with Crippen LogP contribution >= 0.6 is 0 Å². The molecule has 0 saturated heterocycles. The van der Waals surface area contributed by atoms with Crippen molar-refractivity contribution in [3.8, 4) is 23.0 Å². The molecule has 7 heteroatoms. The van der Waals surface area contributed by atoms with Crippen LogP contribution in [0.3, 0.4) is 0 Å². The third-order valence-electron chi connectivity index (χ3n) is 6.32. The van der Waals surface area contributed by atoms with Crippen LogP contribution in [0.1, 0.15) is 34.4 Å². The first-order chi connectivity index (χ1) is 13.5. The van der Waals surface area contributed by atoms with E-state index in [-0.39, 0.29) is 30.0 Å². The zero-order valence-corrected chi connectivity index (χ0v) is 19.6. The number of likely N-dealkylation sites (N-methyl/N-ethyl adjacent to an activating group) is 1. The lowest BCUT2D eigenvalue weighted by Gasteiger charge is -2.50. The van der Waals surface area contributed by atoms with E-state index in [1.807, 2.05) is 18.2 Å². The van der Waals surface area contributed by atoms with Crippen molar-refractivity contribution in [1.82, 2.24) is 0 Å². The van der Waals surface area contributed by atoms with E-state index >= 15 is 0 Å². The number of aliphatic hydroxyl groups excluding tert-OH is 1. The molecular weight excluding hydrogens is 485 g/mol. The van der Waals surface area contributed by atoms with E-state index in [4.69, 9.17) is 18.9 Å². The van der Waals surface area contributed by atoms with Crippen molar-refractivity contribution in [3.63, 3.8) is 0 Å². The minimum Gasteiger partial charge on any atom is -1.00 e. The van der Waals surface area contributed by atoms with Gasteiger partial charge in [-0.1, -0.05) is 0 Å². The molecule has 0 aromatic heterocycles. The fourth-order valence-electron chi connectivity index (χ4n) is 4.88. The molecule has 0 bridgehead atoms. The van der Waals surface area contributed by atoms with Gasteiger partial charge in [0.2, 0.25) is 0 Å². The molecule has 2 aromatic carbocycles. The van der Waals surface area contributed by atoms with Crippen LogP contribution in [0, 0.1) is 0 Å². The molecule has 0 unspecified atom stereocenters. The quantitative estimate of drug-likeness (QED) is 0.462. The van der Waals surface area contributed by atoms with E-state index < -0.39 is 6.10 Å². The van der Waals surface area contributed by atoms with Crippen molar-refractivity contribution < 1.29 is 52.5 Å². The Labute approximate surface area is 188 Å². The fourth-order valence-corrected chi connectivity index (χ4v) is 4.88. The van der Waals surface area contributed by atoms with Gasteiger partial charge in [0.1, 0.15) is 18.7 Å². The van der Waals surface area contributed by atoms with Crippen molar-refractivity contribution in [2.75, 3.05) is 42.0 Å². The standard InChI is InChI=1S/C22H28NO5.HI/c1-23-7-6-13-8-17(25-2)19(27-4)10-15(13)21(23)22(24)16-11-20(28-5)18(26-3)9-14(16)12-23;/h8-11,21-22,24H,6-7,12H2,1-5H3;1H/q+1;/p-1/t21-,22+,23+;/m1./s1. The summed E-state index contributed by atoms with van der Waals surface area (Å²) in [6.45, 7) is 1.77. The second kappa shape index (κ2) is 8.20. The van der Waals surface area contributed by atoms with Crippen molar-refractivity contribution in [1.29, 1.82) is 0 Å². The largest absolute Gasteiger partial charge is 1.00 e. The monoisotopic (exact) mass is 513 g/mol. The van der Waals surface area contributed by atoms with E-state index in [0.29, 0.717) is 17.2 Å². The molecule has 2 aliphatic rings. The molecule has 0 radical (unpaired) electrons. The van der Waals surface area contributed by atoms with E-state index in [0.717, 1.165) is 46.4 Å². The molecule has 0 amide bonds. The third-order valence-corrected chi connectivity index (χ3v) is 6.32. The van der Waals surface area contributed by atoms with Gasteiger partial charge in [0.05, 0.1) is 42.0 Å². The molecule has 29 heavy (non-hydrogen) atoms. The number of methoxy groups -OCH3 is 4. The summed E-state index contributed by atoms with van der Waals surface area (Å²) in [5.74, 6) is 2.76. The molecule has 0 saturated carbocycles. The molecule has 1 N–H and O–H groups in total. The van der Waals surface area contributed by atoms with Crippen LogP contribution in [0.5, 0.6) is 23.0 Å². The number of hydrogen-bond acceptors (Lipinski definition) is 5. The van der Waals surface area contributed by atoms with Gasteiger partial charge in [-0.2, -0.15) is 0 Å². The fraction of sp³-hybridized carbons (Fsp3) is 0.455. The Kier molecular flexibility index (Phi) is 6.21. The SMILES string of the molecule is COc1cc2c(cc1OC)[C@@H]1[C@@H](O)c3cc(OC)c(OC)cc3C[N@+]1(C)CC2.[I-]. The highest BCUT2D eigenvalue weighted by Gasteiger charge is 2.49. The van der Waals surface area contributed by atoms with E-state index in [2.05, 4.69) is 13.1 Å². The van der Waals surface area contributed by atoms with Crippen LogP contribution < -0.4 is 42.9 Å². The second-order valence-corrected chi connectivity index (χ2v) is 7.81. The summed E-state index contributed by atoms with van der Waals surface area (Å²) in [4.78, 5) is 0. The molecule has 6 nitrogen and oxygen atoms in total. The number of quaternary nitrogens is 1. The number of hydrogen-bond donors (Lipinski definition) is 1. The van der Waals surface area contributed by atoms with Crippen LogP contribution in [0.25, 0.3) is 0 Å². The minimum absolute atomic E-state index is 0. The maximum atomic E-state index is 11.5. The summed E-state index contributed by atoms with van der Waals surface area (Å²) in [7, 11) is 8.77. The van der Waals surface area contributed by atoms with Crippen molar-refractivity contribution >= 4 is 0 Å². The first-order valence-corrected chi connectivity index (χ1v) is 9.47. The van der Waals surface area contributed by atoms with Gasteiger partial charge < -0.3 is 52.5 Å². The van der Waals surface area contributed by atoms with Gasteiger partial charge in [0, 0.05) is 17.5 Å². The molecule has 2 aliphatic heterocycles. The van der Waals surface area contributed by atoms with Crippen LogP contribution in [0.15, 0.2) is 24.3 Å². The van der Waals surface area contributed by atoms with Crippen molar-refractivity contribution in [3.05, 3.63) is 46.5 Å². The number of fused-ring (bicyclic) bond motifs is 4. The summed E-state index contributed by atoms with van der Waals surface area (Å²) < 4.78 is 22.7. The first-order valence-electron chi connectivity index (χ1n) is 9.47. The Morgan fingerprint density at radius 3 is 1.83 bits per heavy atom. The average molecular weight is 513 g/mol. The summed E-state index contributed by atoms with van der Waals surface area (Å²) in [5, 5.41) is 11.5. The number of nitrogens with zero attached hydrogens (tertiary/aromatic N) is 1. The molecule has 0 aliphatic carbocycles. The van der Waals surface area contributed by atoms with Gasteiger partial charge in [0.25, 0.3) is 0 Å². The normalized spacial score (nSPS) is 24.3. The van der Waals surface area contributed by atoms with Gasteiger partial charge in [-0.15, -0.1) is 0 Å². The number of ether oxygens (including phenoxy) is 4. The van der Waals surface area contributed by atoms with Gasteiger partial charge in [-0.3, -0.25) is 0 Å². The molecule has 4 rings (SSSR count). The molecule has 2 heterocycles. The third kappa shape index (κ3) is 3.43. The van der Waals surface area contributed by atoms with Crippen LogP contribution in [-0.2, 0) is 13.0 Å². The molecule has 158 valence electrons. The Balaban J connectivity index is 0.00000240. The summed E-state index contributed by atoms with van der Waals surface area (Å²) >= 11 is 0. The molecule has 2 aromatic rings. The van der Waals surface area contributed by atoms with Crippen LogP contribution in [0.4, 0.5) is 0 Å². The van der Waals surface area contributed by atoms with E-state index in [1.54, 1.807) is 28.4 Å². The first kappa shape index (κ1) is 22.0. The summed E-state index contributed by atoms with van der Waals surface area (Å²) in [6.07, 6.45) is 0.281. The molecule has 0 spiro atoms.